The van der Waals surface area contributed by atoms with E-state index in [4.69, 9.17) is 32.7 Å². The van der Waals surface area contributed by atoms with Gasteiger partial charge in [0, 0.05) is 10.0 Å². The molecule has 0 unspecified atom stereocenters. The molecule has 2 fully saturated rings. The second-order valence-electron chi connectivity index (χ2n) is 10.2. The van der Waals surface area contributed by atoms with E-state index in [1.807, 2.05) is 42.5 Å². The van der Waals surface area contributed by atoms with Crippen LogP contribution in [0.2, 0.25) is 10.0 Å². The minimum Gasteiger partial charge on any atom is -0.490 e. The van der Waals surface area contributed by atoms with Gasteiger partial charge in [-0.2, -0.15) is 0 Å². The summed E-state index contributed by atoms with van der Waals surface area (Å²) in [6.07, 6.45) is 9.88. The summed E-state index contributed by atoms with van der Waals surface area (Å²) in [5.41, 5.74) is 0. The summed E-state index contributed by atoms with van der Waals surface area (Å²) in [4.78, 5) is 0. The standard InChI is InChI=1S/C15H21ClO.C14H19ClO2/c1-11(2)15(12-6-3-4-7-12)17-14-9-5-8-13(16)10-14;1-10(16)14(11-5-2-3-6-11)17-13-8-4-7-12(15)9-13/h5,8-12,15H,3-4,6-7H2,1-2H3;4,7-11,14,16H,2-3,5-6H2,1H3/t15-;10-,14-/m00/s1. The zero-order chi connectivity index (χ0) is 24.5. The van der Waals surface area contributed by atoms with Crippen molar-refractivity contribution in [1.29, 1.82) is 0 Å². The van der Waals surface area contributed by atoms with Gasteiger partial charge in [0.15, 0.2) is 0 Å². The van der Waals surface area contributed by atoms with Crippen molar-refractivity contribution in [1.82, 2.24) is 0 Å². The quantitative estimate of drug-likeness (QED) is 0.389. The Bertz CT molecular complexity index is 786. The summed E-state index contributed by atoms with van der Waals surface area (Å²) in [6.45, 7) is 6.29. The van der Waals surface area contributed by atoms with Gasteiger partial charge >= 0.3 is 0 Å². The third-order valence-corrected chi connectivity index (χ3v) is 7.47. The second-order valence-corrected chi connectivity index (χ2v) is 11.0. The molecule has 0 aromatic heterocycles. The Hall–Kier alpha value is -1.42. The predicted molar refractivity (Wildman–Crippen MR) is 142 cm³/mol. The fourth-order valence-corrected chi connectivity index (χ4v) is 5.69. The van der Waals surface area contributed by atoms with E-state index in [0.717, 1.165) is 29.4 Å². The molecule has 1 N–H and O–H groups in total. The number of hydrogen-bond donors (Lipinski definition) is 1. The molecule has 0 saturated heterocycles. The van der Waals surface area contributed by atoms with Gasteiger partial charge in [0.2, 0.25) is 0 Å². The highest BCUT2D eigenvalue weighted by atomic mass is 35.5. The molecule has 2 aliphatic rings. The largest absolute Gasteiger partial charge is 0.490 e. The summed E-state index contributed by atoms with van der Waals surface area (Å²) < 4.78 is 12.1. The van der Waals surface area contributed by atoms with Crippen molar-refractivity contribution in [3.8, 4) is 11.5 Å². The zero-order valence-electron chi connectivity index (χ0n) is 20.8. The lowest BCUT2D eigenvalue weighted by molar-refractivity contribution is 0.0124. The lowest BCUT2D eigenvalue weighted by atomic mass is 9.92. The van der Waals surface area contributed by atoms with Crippen LogP contribution in [-0.4, -0.2) is 23.4 Å². The minimum absolute atomic E-state index is 0.115. The van der Waals surface area contributed by atoms with Crippen molar-refractivity contribution in [3.63, 3.8) is 0 Å². The predicted octanol–water partition coefficient (Wildman–Crippen LogP) is 8.59. The average Bonchev–Trinajstić information content (AvgIpc) is 3.50. The Morgan fingerprint density at radius 1 is 0.706 bits per heavy atom. The molecular weight excluding hydrogens is 467 g/mol. The van der Waals surface area contributed by atoms with Gasteiger partial charge in [-0.3, -0.25) is 0 Å². The van der Waals surface area contributed by atoms with Crippen LogP contribution in [0, 0.1) is 17.8 Å². The molecule has 0 bridgehead atoms. The van der Waals surface area contributed by atoms with Gasteiger partial charge in [0.25, 0.3) is 0 Å². The third-order valence-electron chi connectivity index (χ3n) is 7.00. The van der Waals surface area contributed by atoms with E-state index in [1.165, 1.54) is 38.5 Å². The molecule has 2 aromatic carbocycles. The van der Waals surface area contributed by atoms with Gasteiger partial charge in [0.1, 0.15) is 23.7 Å². The number of benzene rings is 2. The first kappa shape index (κ1) is 27.2. The Balaban J connectivity index is 0.000000191. The number of halogens is 2. The van der Waals surface area contributed by atoms with Gasteiger partial charge in [-0.1, -0.05) is 74.9 Å². The zero-order valence-corrected chi connectivity index (χ0v) is 22.3. The van der Waals surface area contributed by atoms with E-state index < -0.39 is 6.10 Å². The first-order valence-corrected chi connectivity index (χ1v) is 13.6. The molecule has 2 aliphatic carbocycles. The van der Waals surface area contributed by atoms with Crippen molar-refractivity contribution < 1.29 is 14.6 Å². The average molecular weight is 508 g/mol. The van der Waals surface area contributed by atoms with Gasteiger partial charge in [-0.25, -0.2) is 0 Å². The minimum atomic E-state index is -0.447. The van der Waals surface area contributed by atoms with E-state index in [9.17, 15) is 5.11 Å². The molecule has 34 heavy (non-hydrogen) atoms. The fraction of sp³-hybridized carbons (Fsp3) is 0.586. The number of hydrogen-bond acceptors (Lipinski definition) is 3. The van der Waals surface area contributed by atoms with E-state index in [2.05, 4.69) is 13.8 Å². The number of rotatable bonds is 8. The molecule has 3 atom stereocenters. The Morgan fingerprint density at radius 3 is 1.50 bits per heavy atom. The molecule has 0 radical (unpaired) electrons. The van der Waals surface area contributed by atoms with Crippen molar-refractivity contribution in [2.45, 2.75) is 90.4 Å². The molecule has 2 aromatic rings. The van der Waals surface area contributed by atoms with Crippen LogP contribution in [0.15, 0.2) is 48.5 Å². The smallest absolute Gasteiger partial charge is 0.127 e. The van der Waals surface area contributed by atoms with Crippen LogP contribution < -0.4 is 9.47 Å². The normalized spacial score (nSPS) is 19.4. The van der Waals surface area contributed by atoms with Crippen LogP contribution in [0.4, 0.5) is 0 Å². The van der Waals surface area contributed by atoms with E-state index in [-0.39, 0.29) is 6.10 Å². The second kappa shape index (κ2) is 13.6. The maximum absolute atomic E-state index is 9.85. The SMILES string of the molecule is CC(C)[C@H](Oc1cccc(Cl)c1)C1CCCC1.C[C@H](O)[C@H](Oc1cccc(Cl)c1)C1CCCC1. The highest BCUT2D eigenvalue weighted by Gasteiger charge is 2.30. The Morgan fingerprint density at radius 2 is 1.12 bits per heavy atom. The van der Waals surface area contributed by atoms with E-state index >= 15 is 0 Å². The Labute approximate surface area is 215 Å². The van der Waals surface area contributed by atoms with Crippen molar-refractivity contribution >= 4 is 23.2 Å². The number of aliphatic hydroxyl groups excluding tert-OH is 1. The number of ether oxygens (including phenoxy) is 2. The van der Waals surface area contributed by atoms with E-state index in [1.54, 1.807) is 13.0 Å². The van der Waals surface area contributed by atoms with Gasteiger partial charge in [-0.15, -0.1) is 0 Å². The molecule has 0 amide bonds. The topological polar surface area (TPSA) is 38.7 Å². The molecule has 0 aliphatic heterocycles. The van der Waals surface area contributed by atoms with Crippen LogP contribution in [0.3, 0.4) is 0 Å². The lowest BCUT2D eigenvalue weighted by Crippen LogP contribution is -2.35. The Kier molecular flexibility index (Phi) is 10.9. The molecule has 3 nitrogen and oxygen atoms in total. The van der Waals surface area contributed by atoms with Gasteiger partial charge in [-0.05, 0) is 86.8 Å². The van der Waals surface area contributed by atoms with Gasteiger partial charge in [0.05, 0.1) is 6.10 Å². The highest BCUT2D eigenvalue weighted by molar-refractivity contribution is 6.31. The summed E-state index contributed by atoms with van der Waals surface area (Å²) >= 11 is 11.9. The highest BCUT2D eigenvalue weighted by Crippen LogP contribution is 2.34. The summed E-state index contributed by atoms with van der Waals surface area (Å²) in [7, 11) is 0. The molecule has 2 saturated carbocycles. The van der Waals surface area contributed by atoms with E-state index in [0.29, 0.717) is 28.9 Å². The molecule has 4 rings (SSSR count). The van der Waals surface area contributed by atoms with Crippen LogP contribution >= 0.6 is 23.2 Å². The molecule has 0 spiro atoms. The lowest BCUT2D eigenvalue weighted by Gasteiger charge is -2.28. The van der Waals surface area contributed by atoms with Crippen molar-refractivity contribution in [2.75, 3.05) is 0 Å². The van der Waals surface area contributed by atoms with Crippen LogP contribution in [0.25, 0.3) is 0 Å². The number of aliphatic hydroxyl groups is 1. The molecule has 0 heterocycles. The monoisotopic (exact) mass is 506 g/mol. The van der Waals surface area contributed by atoms with Crippen LogP contribution in [0.5, 0.6) is 11.5 Å². The van der Waals surface area contributed by atoms with Gasteiger partial charge < -0.3 is 14.6 Å². The van der Waals surface area contributed by atoms with Crippen LogP contribution in [-0.2, 0) is 0 Å². The van der Waals surface area contributed by atoms with Crippen molar-refractivity contribution in [3.05, 3.63) is 58.6 Å². The first-order valence-electron chi connectivity index (χ1n) is 12.9. The van der Waals surface area contributed by atoms with Crippen molar-refractivity contribution in [2.24, 2.45) is 17.8 Å². The maximum atomic E-state index is 9.85. The summed E-state index contributed by atoms with van der Waals surface area (Å²) in [5, 5.41) is 11.3. The first-order chi connectivity index (χ1) is 16.3. The third kappa shape index (κ3) is 8.36. The maximum Gasteiger partial charge on any atom is 0.127 e. The summed E-state index contributed by atoms with van der Waals surface area (Å²) in [6, 6.07) is 15.1. The fourth-order valence-electron chi connectivity index (χ4n) is 5.33. The molecule has 5 heteroatoms. The van der Waals surface area contributed by atoms with Crippen LogP contribution in [0.1, 0.15) is 72.1 Å². The molecule has 188 valence electrons. The molecular formula is C29H40Cl2O3. The summed E-state index contributed by atoms with van der Waals surface area (Å²) in [5.74, 6) is 3.39.